The van der Waals surface area contributed by atoms with Gasteiger partial charge < -0.3 is 16.0 Å². The average Bonchev–Trinajstić information content (AvgIpc) is 2.27. The molecule has 0 radical (unpaired) electrons. The molecule has 16 heavy (non-hydrogen) atoms. The smallest absolute Gasteiger partial charge is 0.0361 e. The fourth-order valence-electron chi connectivity index (χ4n) is 1.56. The number of rotatable bonds is 6. The van der Waals surface area contributed by atoms with Gasteiger partial charge >= 0.3 is 0 Å². The van der Waals surface area contributed by atoms with Crippen molar-refractivity contribution in [1.29, 1.82) is 0 Å². The zero-order valence-electron chi connectivity index (χ0n) is 10.5. The Morgan fingerprint density at radius 1 is 1.25 bits per heavy atom. The van der Waals surface area contributed by atoms with E-state index >= 15 is 0 Å². The van der Waals surface area contributed by atoms with Crippen molar-refractivity contribution in [1.82, 2.24) is 5.32 Å². The van der Waals surface area contributed by atoms with Gasteiger partial charge in [-0.3, -0.25) is 0 Å². The summed E-state index contributed by atoms with van der Waals surface area (Å²) in [5.74, 6) is 0. The van der Waals surface area contributed by atoms with E-state index in [1.807, 2.05) is 0 Å². The predicted octanol–water partition coefficient (Wildman–Crippen LogP) is 1.58. The monoisotopic (exact) mass is 221 g/mol. The van der Waals surface area contributed by atoms with Gasteiger partial charge in [-0.1, -0.05) is 12.1 Å². The second kappa shape index (κ2) is 6.51. The van der Waals surface area contributed by atoms with Crippen molar-refractivity contribution in [3.05, 3.63) is 29.8 Å². The molecule has 0 fully saturated rings. The van der Waals surface area contributed by atoms with Crippen LogP contribution in [0.25, 0.3) is 0 Å². The lowest BCUT2D eigenvalue weighted by molar-refractivity contribution is 0.520. The molecule has 1 rings (SSSR count). The minimum absolute atomic E-state index is 0.485. The molecular weight excluding hydrogens is 198 g/mol. The van der Waals surface area contributed by atoms with Gasteiger partial charge in [-0.25, -0.2) is 0 Å². The molecule has 0 aromatic heterocycles. The normalized spacial score (nSPS) is 12.5. The van der Waals surface area contributed by atoms with E-state index in [4.69, 9.17) is 5.73 Å². The summed E-state index contributed by atoms with van der Waals surface area (Å²) in [5, 5.41) is 3.45. The van der Waals surface area contributed by atoms with Crippen LogP contribution < -0.4 is 16.0 Å². The summed E-state index contributed by atoms with van der Waals surface area (Å²) in [6, 6.07) is 9.10. The van der Waals surface area contributed by atoms with Crippen LogP contribution in [-0.4, -0.2) is 26.7 Å². The van der Waals surface area contributed by atoms with Gasteiger partial charge in [0.25, 0.3) is 0 Å². The van der Waals surface area contributed by atoms with Crippen LogP contribution in [0.1, 0.15) is 18.9 Å². The highest BCUT2D eigenvalue weighted by Gasteiger charge is 2.00. The third kappa shape index (κ3) is 4.21. The predicted molar refractivity (Wildman–Crippen MR) is 70.7 cm³/mol. The van der Waals surface area contributed by atoms with Crippen LogP contribution >= 0.6 is 0 Å². The van der Waals surface area contributed by atoms with Crippen LogP contribution in [0.15, 0.2) is 24.3 Å². The van der Waals surface area contributed by atoms with Gasteiger partial charge in [-0.05, 0) is 37.6 Å². The van der Waals surface area contributed by atoms with Gasteiger partial charge in [-0.15, -0.1) is 0 Å². The third-order valence-corrected chi connectivity index (χ3v) is 2.71. The Morgan fingerprint density at radius 3 is 2.38 bits per heavy atom. The second-order valence-corrected chi connectivity index (χ2v) is 4.42. The SMILES string of the molecule is CC(CCN)NCc1ccc(N(C)C)cc1. The molecule has 1 unspecified atom stereocenters. The van der Waals surface area contributed by atoms with E-state index in [-0.39, 0.29) is 0 Å². The van der Waals surface area contributed by atoms with E-state index in [1.165, 1.54) is 11.3 Å². The van der Waals surface area contributed by atoms with Crippen molar-refractivity contribution < 1.29 is 0 Å². The Labute approximate surface area is 98.6 Å². The lowest BCUT2D eigenvalue weighted by atomic mass is 10.1. The molecule has 0 aliphatic rings. The molecule has 0 aliphatic carbocycles. The Hall–Kier alpha value is -1.06. The van der Waals surface area contributed by atoms with Crippen LogP contribution in [0, 0.1) is 0 Å². The first-order valence-corrected chi connectivity index (χ1v) is 5.83. The lowest BCUT2D eigenvalue weighted by Gasteiger charge is -2.15. The summed E-state index contributed by atoms with van der Waals surface area (Å²) in [4.78, 5) is 2.11. The quantitative estimate of drug-likeness (QED) is 0.766. The molecule has 1 atom stereocenters. The average molecular weight is 221 g/mol. The summed E-state index contributed by atoms with van der Waals surface area (Å²) in [7, 11) is 4.10. The molecule has 0 saturated carbocycles. The lowest BCUT2D eigenvalue weighted by Crippen LogP contribution is -2.27. The molecule has 0 saturated heterocycles. The van der Waals surface area contributed by atoms with Crippen LogP contribution in [0.4, 0.5) is 5.69 Å². The number of anilines is 1. The molecule has 0 bridgehead atoms. The van der Waals surface area contributed by atoms with Crippen molar-refractivity contribution in [3.8, 4) is 0 Å². The Bertz CT molecular complexity index is 293. The number of benzene rings is 1. The fourth-order valence-corrected chi connectivity index (χ4v) is 1.56. The van der Waals surface area contributed by atoms with Gasteiger partial charge in [0.1, 0.15) is 0 Å². The Morgan fingerprint density at radius 2 is 1.88 bits per heavy atom. The molecule has 90 valence electrons. The summed E-state index contributed by atoms with van der Waals surface area (Å²) in [6.45, 7) is 3.82. The highest BCUT2D eigenvalue weighted by molar-refractivity contribution is 5.45. The first-order chi connectivity index (χ1) is 7.63. The van der Waals surface area contributed by atoms with E-state index in [0.29, 0.717) is 6.04 Å². The molecule has 0 amide bonds. The number of hydrogen-bond acceptors (Lipinski definition) is 3. The number of nitrogens with one attached hydrogen (secondary N) is 1. The standard InChI is InChI=1S/C13H23N3/c1-11(8-9-14)15-10-12-4-6-13(7-5-12)16(2)3/h4-7,11,15H,8-10,14H2,1-3H3. The first kappa shape index (κ1) is 13.0. The molecule has 1 aromatic carbocycles. The maximum absolute atomic E-state index is 5.51. The van der Waals surface area contributed by atoms with Gasteiger partial charge in [0.05, 0.1) is 0 Å². The molecule has 3 N–H and O–H groups in total. The van der Waals surface area contributed by atoms with Crippen molar-refractivity contribution >= 4 is 5.69 Å². The summed E-state index contributed by atoms with van der Waals surface area (Å²) in [6.07, 6.45) is 1.02. The van der Waals surface area contributed by atoms with Gasteiger partial charge in [-0.2, -0.15) is 0 Å². The van der Waals surface area contributed by atoms with Gasteiger partial charge in [0.2, 0.25) is 0 Å². The van der Waals surface area contributed by atoms with Gasteiger partial charge in [0, 0.05) is 32.4 Å². The van der Waals surface area contributed by atoms with Crippen LogP contribution in [0.2, 0.25) is 0 Å². The van der Waals surface area contributed by atoms with Crippen LogP contribution in [-0.2, 0) is 6.54 Å². The van der Waals surface area contributed by atoms with E-state index in [2.05, 4.69) is 55.5 Å². The molecule has 0 aliphatic heterocycles. The highest BCUT2D eigenvalue weighted by atomic mass is 15.1. The number of nitrogens with two attached hydrogens (primary N) is 1. The Kier molecular flexibility index (Phi) is 5.29. The first-order valence-electron chi connectivity index (χ1n) is 5.83. The van der Waals surface area contributed by atoms with E-state index in [9.17, 15) is 0 Å². The topological polar surface area (TPSA) is 41.3 Å². The maximum Gasteiger partial charge on any atom is 0.0361 e. The molecule has 3 nitrogen and oxygen atoms in total. The highest BCUT2D eigenvalue weighted by Crippen LogP contribution is 2.12. The molecule has 0 spiro atoms. The Balaban J connectivity index is 2.43. The number of nitrogens with zero attached hydrogens (tertiary/aromatic N) is 1. The molecular formula is C13H23N3. The summed E-state index contributed by atoms with van der Waals surface area (Å²) >= 11 is 0. The molecule has 3 heteroatoms. The van der Waals surface area contributed by atoms with Crippen molar-refractivity contribution in [2.45, 2.75) is 25.9 Å². The van der Waals surface area contributed by atoms with Crippen molar-refractivity contribution in [3.63, 3.8) is 0 Å². The maximum atomic E-state index is 5.51. The van der Waals surface area contributed by atoms with Crippen LogP contribution in [0.3, 0.4) is 0 Å². The second-order valence-electron chi connectivity index (χ2n) is 4.42. The minimum atomic E-state index is 0.485. The van der Waals surface area contributed by atoms with E-state index in [0.717, 1.165) is 19.5 Å². The summed E-state index contributed by atoms with van der Waals surface area (Å²) < 4.78 is 0. The minimum Gasteiger partial charge on any atom is -0.378 e. The van der Waals surface area contributed by atoms with Crippen molar-refractivity contribution in [2.75, 3.05) is 25.5 Å². The fraction of sp³-hybridized carbons (Fsp3) is 0.538. The van der Waals surface area contributed by atoms with Crippen LogP contribution in [0.5, 0.6) is 0 Å². The van der Waals surface area contributed by atoms with E-state index in [1.54, 1.807) is 0 Å². The van der Waals surface area contributed by atoms with Gasteiger partial charge in [0.15, 0.2) is 0 Å². The third-order valence-electron chi connectivity index (χ3n) is 2.71. The molecule has 1 aromatic rings. The summed E-state index contributed by atoms with van der Waals surface area (Å²) in [5.41, 5.74) is 8.06. The largest absolute Gasteiger partial charge is 0.378 e. The number of hydrogen-bond donors (Lipinski definition) is 2. The van der Waals surface area contributed by atoms with Crippen molar-refractivity contribution in [2.24, 2.45) is 5.73 Å². The molecule has 0 heterocycles. The van der Waals surface area contributed by atoms with E-state index < -0.39 is 0 Å². The zero-order valence-corrected chi connectivity index (χ0v) is 10.5. The zero-order chi connectivity index (χ0) is 12.0.